The Balaban J connectivity index is 2.63. The highest BCUT2D eigenvalue weighted by Gasteiger charge is 2.09. The summed E-state index contributed by atoms with van der Waals surface area (Å²) >= 11 is 0. The van der Waals surface area contributed by atoms with Gasteiger partial charge in [0.05, 0.1) is 12.2 Å². The molecule has 0 saturated heterocycles. The van der Waals surface area contributed by atoms with Crippen molar-refractivity contribution in [3.63, 3.8) is 0 Å². The first-order valence-electron chi connectivity index (χ1n) is 5.00. The normalized spacial score (nSPS) is 10.1. The predicted octanol–water partition coefficient (Wildman–Crippen LogP) is 0.811. The standard InChI is InChI=1S/C11H17N3O/c1-3-13-8-11(15)14(12)10-6-4-9(2)5-7-10/h4-7,13H,3,8,12H2,1-2H3. The summed E-state index contributed by atoms with van der Waals surface area (Å²) in [6.07, 6.45) is 0. The third kappa shape index (κ3) is 3.34. The third-order valence-corrected chi connectivity index (χ3v) is 2.11. The quantitative estimate of drug-likeness (QED) is 0.436. The zero-order chi connectivity index (χ0) is 11.3. The van der Waals surface area contributed by atoms with Crippen molar-refractivity contribution in [1.82, 2.24) is 5.32 Å². The van der Waals surface area contributed by atoms with Crippen molar-refractivity contribution in [2.24, 2.45) is 5.84 Å². The molecule has 0 aliphatic rings. The molecule has 3 N–H and O–H groups in total. The van der Waals surface area contributed by atoms with E-state index in [9.17, 15) is 4.79 Å². The molecule has 0 aliphatic carbocycles. The molecule has 0 radical (unpaired) electrons. The van der Waals surface area contributed by atoms with Gasteiger partial charge in [-0.05, 0) is 25.6 Å². The van der Waals surface area contributed by atoms with Crippen molar-refractivity contribution in [3.05, 3.63) is 29.8 Å². The van der Waals surface area contributed by atoms with Crippen molar-refractivity contribution in [1.29, 1.82) is 0 Å². The third-order valence-electron chi connectivity index (χ3n) is 2.11. The van der Waals surface area contributed by atoms with Gasteiger partial charge in [-0.15, -0.1) is 0 Å². The number of nitrogens with zero attached hydrogens (tertiary/aromatic N) is 1. The van der Waals surface area contributed by atoms with Gasteiger partial charge in [0.25, 0.3) is 5.91 Å². The molecule has 4 nitrogen and oxygen atoms in total. The molecule has 0 heterocycles. The van der Waals surface area contributed by atoms with Crippen LogP contribution in [0.5, 0.6) is 0 Å². The lowest BCUT2D eigenvalue weighted by Crippen LogP contribution is -2.43. The maximum Gasteiger partial charge on any atom is 0.255 e. The average molecular weight is 207 g/mol. The minimum Gasteiger partial charge on any atom is -0.309 e. The van der Waals surface area contributed by atoms with E-state index in [1.807, 2.05) is 38.1 Å². The van der Waals surface area contributed by atoms with E-state index in [1.165, 1.54) is 5.01 Å². The van der Waals surface area contributed by atoms with Gasteiger partial charge in [0.1, 0.15) is 0 Å². The van der Waals surface area contributed by atoms with Crippen LogP contribution in [0.2, 0.25) is 0 Å². The Hall–Kier alpha value is -1.39. The van der Waals surface area contributed by atoms with Crippen molar-refractivity contribution < 1.29 is 4.79 Å². The van der Waals surface area contributed by atoms with Gasteiger partial charge in [0.2, 0.25) is 0 Å². The topological polar surface area (TPSA) is 58.4 Å². The Morgan fingerprint density at radius 1 is 1.40 bits per heavy atom. The van der Waals surface area contributed by atoms with E-state index in [-0.39, 0.29) is 12.5 Å². The predicted molar refractivity (Wildman–Crippen MR) is 61.4 cm³/mol. The lowest BCUT2D eigenvalue weighted by atomic mass is 10.2. The van der Waals surface area contributed by atoms with Gasteiger partial charge in [0, 0.05) is 0 Å². The monoisotopic (exact) mass is 207 g/mol. The van der Waals surface area contributed by atoms with Crippen LogP contribution in [0, 0.1) is 6.92 Å². The molecule has 0 bridgehead atoms. The molecular formula is C11H17N3O. The molecule has 0 fully saturated rings. The van der Waals surface area contributed by atoms with Crippen LogP contribution < -0.4 is 16.2 Å². The number of hydrogen-bond acceptors (Lipinski definition) is 3. The van der Waals surface area contributed by atoms with Crippen molar-refractivity contribution >= 4 is 11.6 Å². The van der Waals surface area contributed by atoms with Crippen molar-refractivity contribution in [3.8, 4) is 0 Å². The average Bonchev–Trinajstić information content (AvgIpc) is 2.26. The highest BCUT2D eigenvalue weighted by Crippen LogP contribution is 2.11. The smallest absolute Gasteiger partial charge is 0.255 e. The summed E-state index contributed by atoms with van der Waals surface area (Å²) in [5.74, 6) is 5.53. The Bertz CT molecular complexity index is 321. The van der Waals surface area contributed by atoms with Crippen LogP contribution in [0.15, 0.2) is 24.3 Å². The van der Waals surface area contributed by atoms with Gasteiger partial charge >= 0.3 is 0 Å². The molecule has 0 atom stereocenters. The van der Waals surface area contributed by atoms with Crippen LogP contribution >= 0.6 is 0 Å². The molecule has 0 aliphatic heterocycles. The molecule has 0 spiro atoms. The van der Waals surface area contributed by atoms with Gasteiger partial charge in [-0.25, -0.2) is 10.9 Å². The first-order chi connectivity index (χ1) is 7.15. The summed E-state index contributed by atoms with van der Waals surface area (Å²) in [6.45, 7) is 4.96. The van der Waals surface area contributed by atoms with Gasteiger partial charge in [-0.2, -0.15) is 0 Å². The Kier molecular flexibility index (Phi) is 4.27. The molecule has 82 valence electrons. The van der Waals surface area contributed by atoms with Gasteiger partial charge in [0.15, 0.2) is 0 Å². The number of hydrazine groups is 1. The summed E-state index contributed by atoms with van der Waals surface area (Å²) < 4.78 is 0. The molecule has 1 aromatic rings. The second kappa shape index (κ2) is 5.48. The number of anilines is 1. The van der Waals surface area contributed by atoms with E-state index in [2.05, 4.69) is 5.32 Å². The maximum absolute atomic E-state index is 11.5. The largest absolute Gasteiger partial charge is 0.309 e. The van der Waals surface area contributed by atoms with E-state index in [0.717, 1.165) is 12.1 Å². The lowest BCUT2D eigenvalue weighted by molar-refractivity contribution is -0.117. The van der Waals surface area contributed by atoms with Crippen LogP contribution in [-0.2, 0) is 4.79 Å². The van der Waals surface area contributed by atoms with E-state index in [4.69, 9.17) is 5.84 Å². The lowest BCUT2D eigenvalue weighted by Gasteiger charge is -2.16. The van der Waals surface area contributed by atoms with Crippen molar-refractivity contribution in [2.45, 2.75) is 13.8 Å². The van der Waals surface area contributed by atoms with E-state index >= 15 is 0 Å². The fourth-order valence-corrected chi connectivity index (χ4v) is 1.17. The summed E-state index contributed by atoms with van der Waals surface area (Å²) in [6, 6.07) is 7.52. The van der Waals surface area contributed by atoms with Gasteiger partial charge in [-0.1, -0.05) is 24.6 Å². The molecular weight excluding hydrogens is 190 g/mol. The van der Waals surface area contributed by atoms with E-state index in [1.54, 1.807) is 0 Å². The highest BCUT2D eigenvalue weighted by molar-refractivity contribution is 5.93. The first-order valence-corrected chi connectivity index (χ1v) is 5.00. The SMILES string of the molecule is CCNCC(=O)N(N)c1ccc(C)cc1. The number of carbonyl (C=O) groups is 1. The van der Waals surface area contributed by atoms with Crippen LogP contribution in [0.3, 0.4) is 0 Å². The number of benzene rings is 1. The fraction of sp³-hybridized carbons (Fsp3) is 0.364. The molecule has 4 heteroatoms. The summed E-state index contributed by atoms with van der Waals surface area (Å²) in [5.41, 5.74) is 1.86. The van der Waals surface area contributed by atoms with Crippen LogP contribution in [-0.4, -0.2) is 19.0 Å². The minimum atomic E-state index is -0.138. The second-order valence-corrected chi connectivity index (χ2v) is 3.38. The first kappa shape index (κ1) is 11.7. The van der Waals surface area contributed by atoms with Crippen molar-refractivity contribution in [2.75, 3.05) is 18.1 Å². The van der Waals surface area contributed by atoms with Gasteiger partial charge in [-0.3, -0.25) is 4.79 Å². The van der Waals surface area contributed by atoms with Crippen LogP contribution in [0.25, 0.3) is 0 Å². The number of hydrogen-bond donors (Lipinski definition) is 2. The number of rotatable bonds is 4. The fourth-order valence-electron chi connectivity index (χ4n) is 1.17. The molecule has 0 aromatic heterocycles. The molecule has 1 rings (SSSR count). The molecule has 15 heavy (non-hydrogen) atoms. The number of carbonyl (C=O) groups excluding carboxylic acids is 1. The Morgan fingerprint density at radius 2 is 2.00 bits per heavy atom. The maximum atomic E-state index is 11.5. The number of nitrogens with two attached hydrogens (primary N) is 1. The molecule has 1 amide bonds. The van der Waals surface area contributed by atoms with Crippen LogP contribution in [0.4, 0.5) is 5.69 Å². The van der Waals surface area contributed by atoms with E-state index in [0.29, 0.717) is 5.69 Å². The number of likely N-dealkylation sites (N-methyl/N-ethyl adjacent to an activating group) is 1. The Morgan fingerprint density at radius 3 is 2.53 bits per heavy atom. The number of aryl methyl sites for hydroxylation is 1. The van der Waals surface area contributed by atoms with Gasteiger partial charge < -0.3 is 5.32 Å². The van der Waals surface area contributed by atoms with E-state index < -0.39 is 0 Å². The second-order valence-electron chi connectivity index (χ2n) is 3.38. The van der Waals surface area contributed by atoms with Crippen LogP contribution in [0.1, 0.15) is 12.5 Å². The molecule has 1 aromatic carbocycles. The zero-order valence-corrected chi connectivity index (χ0v) is 9.16. The Labute approximate surface area is 90.0 Å². The summed E-state index contributed by atoms with van der Waals surface area (Å²) in [5, 5.41) is 4.11. The molecule has 0 saturated carbocycles. The molecule has 0 unspecified atom stereocenters. The number of amides is 1. The summed E-state index contributed by atoms with van der Waals surface area (Å²) in [7, 11) is 0. The zero-order valence-electron chi connectivity index (χ0n) is 9.16. The highest BCUT2D eigenvalue weighted by atomic mass is 16.2. The summed E-state index contributed by atoms with van der Waals surface area (Å²) in [4.78, 5) is 11.5. The minimum absolute atomic E-state index is 0.138. The number of nitrogens with one attached hydrogen (secondary N) is 1.